The van der Waals surface area contributed by atoms with Crippen molar-refractivity contribution in [3.8, 4) is 11.5 Å². The maximum atomic E-state index is 10.2. The molecule has 2 aromatic rings. The van der Waals surface area contributed by atoms with Gasteiger partial charge in [-0.3, -0.25) is 0 Å². The van der Waals surface area contributed by atoms with Gasteiger partial charge in [0.1, 0.15) is 0 Å². The average molecular weight is 370 g/mol. The summed E-state index contributed by atoms with van der Waals surface area (Å²) in [6.07, 6.45) is 0.416. The predicted octanol–water partition coefficient (Wildman–Crippen LogP) is 3.11. The number of aliphatic hydroxyl groups excluding tert-OH is 1. The highest BCUT2D eigenvalue weighted by Crippen LogP contribution is 2.34. The van der Waals surface area contributed by atoms with Gasteiger partial charge in [-0.05, 0) is 52.2 Å². The van der Waals surface area contributed by atoms with Gasteiger partial charge in [-0.1, -0.05) is 6.07 Å². The molecule has 0 spiro atoms. The molecule has 2 N–H and O–H groups in total. The summed E-state index contributed by atoms with van der Waals surface area (Å²) >= 11 is 5.20. The van der Waals surface area contributed by atoms with E-state index in [0.29, 0.717) is 12.3 Å². The van der Waals surface area contributed by atoms with E-state index in [2.05, 4.69) is 33.4 Å². The van der Waals surface area contributed by atoms with E-state index in [1.807, 2.05) is 18.2 Å². The van der Waals surface area contributed by atoms with E-state index in [-0.39, 0.29) is 6.79 Å². The van der Waals surface area contributed by atoms with E-state index in [1.165, 1.54) is 4.88 Å². The maximum absolute atomic E-state index is 10.2. The van der Waals surface area contributed by atoms with Crippen molar-refractivity contribution in [1.82, 2.24) is 5.32 Å². The number of ether oxygens (including phenoxy) is 2. The van der Waals surface area contributed by atoms with Crippen LogP contribution in [0.15, 0.2) is 34.1 Å². The van der Waals surface area contributed by atoms with Crippen LogP contribution >= 0.6 is 27.3 Å². The van der Waals surface area contributed by atoms with E-state index in [0.717, 1.165) is 28.1 Å². The summed E-state index contributed by atoms with van der Waals surface area (Å²) in [5, 5.41) is 13.5. The molecule has 1 aliphatic heterocycles. The van der Waals surface area contributed by atoms with Gasteiger partial charge in [0.2, 0.25) is 6.79 Å². The molecule has 0 saturated carbocycles. The van der Waals surface area contributed by atoms with Gasteiger partial charge < -0.3 is 19.9 Å². The molecule has 1 aromatic carbocycles. The minimum atomic E-state index is -0.547. The van der Waals surface area contributed by atoms with Crippen molar-refractivity contribution in [2.75, 3.05) is 19.9 Å². The molecule has 0 aliphatic carbocycles. The minimum Gasteiger partial charge on any atom is -0.454 e. The third-order valence-electron chi connectivity index (χ3n) is 3.30. The lowest BCUT2D eigenvalue weighted by atomic mass is 10.1. The number of hydrogen-bond acceptors (Lipinski definition) is 5. The smallest absolute Gasteiger partial charge is 0.231 e. The summed E-state index contributed by atoms with van der Waals surface area (Å²) in [6, 6.07) is 9.72. The van der Waals surface area contributed by atoms with Gasteiger partial charge in [-0.2, -0.15) is 0 Å². The van der Waals surface area contributed by atoms with Gasteiger partial charge in [0.05, 0.1) is 9.89 Å². The SMILES string of the molecule is OC(CNCCc1ccc(Br)s1)c1ccc2c(c1)OCO2. The molecule has 3 rings (SSSR count). The fourth-order valence-corrected chi connectivity index (χ4v) is 3.66. The van der Waals surface area contributed by atoms with Crippen LogP contribution in [0.2, 0.25) is 0 Å². The third kappa shape index (κ3) is 3.77. The van der Waals surface area contributed by atoms with Crippen LogP contribution in [0.1, 0.15) is 16.5 Å². The first kappa shape index (κ1) is 14.8. The number of hydrogen-bond donors (Lipinski definition) is 2. The van der Waals surface area contributed by atoms with Crippen molar-refractivity contribution >= 4 is 27.3 Å². The number of rotatable bonds is 6. The number of halogens is 1. The second kappa shape index (κ2) is 6.79. The lowest BCUT2D eigenvalue weighted by Gasteiger charge is -2.12. The molecule has 0 saturated heterocycles. The standard InChI is InChI=1S/C15H16BrNO3S/c16-15-4-2-11(21-15)5-6-17-8-12(18)10-1-3-13-14(7-10)20-9-19-13/h1-4,7,12,17-18H,5-6,8-9H2. The number of nitrogens with one attached hydrogen (secondary N) is 1. The Labute approximate surface area is 135 Å². The molecule has 1 unspecified atom stereocenters. The lowest BCUT2D eigenvalue weighted by Crippen LogP contribution is -2.23. The number of fused-ring (bicyclic) bond motifs is 1. The zero-order valence-corrected chi connectivity index (χ0v) is 13.7. The quantitative estimate of drug-likeness (QED) is 0.768. The largest absolute Gasteiger partial charge is 0.454 e. The molecule has 2 heterocycles. The van der Waals surface area contributed by atoms with Crippen LogP contribution in [0.4, 0.5) is 0 Å². The van der Waals surface area contributed by atoms with Crippen molar-refractivity contribution < 1.29 is 14.6 Å². The summed E-state index contributed by atoms with van der Waals surface area (Å²) in [5.41, 5.74) is 0.839. The summed E-state index contributed by atoms with van der Waals surface area (Å²) < 4.78 is 11.7. The first-order valence-corrected chi connectivity index (χ1v) is 8.36. The Morgan fingerprint density at radius 2 is 2.10 bits per heavy atom. The maximum Gasteiger partial charge on any atom is 0.231 e. The van der Waals surface area contributed by atoms with E-state index in [9.17, 15) is 5.11 Å². The highest BCUT2D eigenvalue weighted by molar-refractivity contribution is 9.11. The third-order valence-corrected chi connectivity index (χ3v) is 4.98. The van der Waals surface area contributed by atoms with Gasteiger partial charge >= 0.3 is 0 Å². The van der Waals surface area contributed by atoms with E-state index in [4.69, 9.17) is 9.47 Å². The molecule has 21 heavy (non-hydrogen) atoms. The molecule has 1 aliphatic rings. The molecule has 1 aromatic heterocycles. The molecule has 1 atom stereocenters. The Hall–Kier alpha value is -1.08. The normalized spacial score (nSPS) is 14.4. The average Bonchev–Trinajstić information content (AvgIpc) is 3.11. The number of benzene rings is 1. The molecule has 112 valence electrons. The van der Waals surface area contributed by atoms with Gasteiger partial charge in [-0.25, -0.2) is 0 Å². The van der Waals surface area contributed by atoms with Crippen molar-refractivity contribution in [3.63, 3.8) is 0 Å². The molecule has 0 bridgehead atoms. The van der Waals surface area contributed by atoms with E-state index >= 15 is 0 Å². The summed E-state index contributed by atoms with van der Waals surface area (Å²) in [7, 11) is 0. The topological polar surface area (TPSA) is 50.7 Å². The van der Waals surface area contributed by atoms with Crippen LogP contribution < -0.4 is 14.8 Å². The van der Waals surface area contributed by atoms with E-state index in [1.54, 1.807) is 11.3 Å². The first-order chi connectivity index (χ1) is 10.2. The van der Waals surface area contributed by atoms with Gasteiger partial charge in [0.25, 0.3) is 0 Å². The van der Waals surface area contributed by atoms with Gasteiger partial charge in [-0.15, -0.1) is 11.3 Å². The Kier molecular flexibility index (Phi) is 4.80. The molecular formula is C15H16BrNO3S. The fourth-order valence-electron chi connectivity index (χ4n) is 2.17. The predicted molar refractivity (Wildman–Crippen MR) is 86.1 cm³/mol. The Balaban J connectivity index is 1.46. The molecular weight excluding hydrogens is 354 g/mol. The van der Waals surface area contributed by atoms with Crippen LogP contribution in [0.3, 0.4) is 0 Å². The minimum absolute atomic E-state index is 0.253. The zero-order valence-electron chi connectivity index (χ0n) is 11.3. The van der Waals surface area contributed by atoms with Crippen LogP contribution in [0.5, 0.6) is 11.5 Å². The van der Waals surface area contributed by atoms with Crippen molar-refractivity contribution in [3.05, 3.63) is 44.6 Å². The summed E-state index contributed by atoms with van der Waals surface area (Å²) in [4.78, 5) is 1.33. The van der Waals surface area contributed by atoms with Gasteiger partial charge in [0.15, 0.2) is 11.5 Å². The van der Waals surface area contributed by atoms with E-state index < -0.39 is 6.10 Å². The number of thiophene rings is 1. The first-order valence-electron chi connectivity index (χ1n) is 6.75. The second-order valence-corrected chi connectivity index (χ2v) is 7.34. The Morgan fingerprint density at radius 3 is 2.90 bits per heavy atom. The Morgan fingerprint density at radius 1 is 1.24 bits per heavy atom. The zero-order chi connectivity index (χ0) is 14.7. The number of aliphatic hydroxyl groups is 1. The fraction of sp³-hybridized carbons (Fsp3) is 0.333. The summed E-state index contributed by atoms with van der Waals surface area (Å²) in [5.74, 6) is 1.44. The van der Waals surface area contributed by atoms with Crippen molar-refractivity contribution in [2.45, 2.75) is 12.5 Å². The van der Waals surface area contributed by atoms with Crippen LogP contribution in [0.25, 0.3) is 0 Å². The van der Waals surface area contributed by atoms with Crippen molar-refractivity contribution in [2.24, 2.45) is 0 Å². The lowest BCUT2D eigenvalue weighted by molar-refractivity contribution is 0.170. The molecule has 4 nitrogen and oxygen atoms in total. The second-order valence-electron chi connectivity index (χ2n) is 4.79. The molecule has 0 radical (unpaired) electrons. The highest BCUT2D eigenvalue weighted by Gasteiger charge is 2.16. The molecule has 6 heteroatoms. The van der Waals surface area contributed by atoms with Crippen LogP contribution in [-0.2, 0) is 6.42 Å². The van der Waals surface area contributed by atoms with Crippen LogP contribution in [-0.4, -0.2) is 25.0 Å². The monoisotopic (exact) mass is 369 g/mol. The Bertz CT molecular complexity index is 617. The van der Waals surface area contributed by atoms with Crippen molar-refractivity contribution in [1.29, 1.82) is 0 Å². The molecule has 0 amide bonds. The molecule has 0 fully saturated rings. The van der Waals surface area contributed by atoms with Gasteiger partial charge in [0, 0.05) is 18.0 Å². The summed E-state index contributed by atoms with van der Waals surface area (Å²) in [6.45, 7) is 1.62. The van der Waals surface area contributed by atoms with Crippen LogP contribution in [0, 0.1) is 0 Å². The highest BCUT2D eigenvalue weighted by atomic mass is 79.9.